The molecule has 0 aromatic heterocycles. The number of rotatable bonds is 2. The van der Waals surface area contributed by atoms with Crippen LogP contribution in [0.4, 0.5) is 0 Å². The number of allylic oxidation sites excluding steroid dienone is 2. The van der Waals surface area contributed by atoms with Gasteiger partial charge in [-0.1, -0.05) is 11.1 Å². The van der Waals surface area contributed by atoms with Crippen LogP contribution in [0.25, 0.3) is 0 Å². The van der Waals surface area contributed by atoms with Gasteiger partial charge in [0.2, 0.25) is 5.91 Å². The van der Waals surface area contributed by atoms with Gasteiger partial charge in [-0.3, -0.25) is 9.59 Å². The molecule has 0 aromatic rings. The second kappa shape index (κ2) is 6.09. The molecular formula is C19H27NO5. The van der Waals surface area contributed by atoms with Crippen molar-refractivity contribution in [3.05, 3.63) is 11.1 Å². The van der Waals surface area contributed by atoms with E-state index in [9.17, 15) is 14.7 Å². The molecule has 2 aliphatic carbocycles. The SMILES string of the molecule is CC(C)=C1[C@H]2CC[C@H]1[C@@H](C(=O)N1CCC3(CC1)OCCO3)[C@@H]2C(=O)O. The molecule has 4 rings (SSSR count). The predicted molar refractivity (Wildman–Crippen MR) is 89.7 cm³/mol. The third kappa shape index (κ3) is 2.61. The van der Waals surface area contributed by atoms with Crippen molar-refractivity contribution in [2.45, 2.75) is 45.3 Å². The third-order valence-corrected chi connectivity index (χ3v) is 6.64. The summed E-state index contributed by atoms with van der Waals surface area (Å²) in [6, 6.07) is 0. The summed E-state index contributed by atoms with van der Waals surface area (Å²) in [4.78, 5) is 27.0. The maximum atomic E-state index is 13.2. The molecule has 1 N–H and O–H groups in total. The average Bonchev–Trinajstić information content (AvgIpc) is 3.28. The van der Waals surface area contributed by atoms with Crippen molar-refractivity contribution in [3.8, 4) is 0 Å². The zero-order valence-electron chi connectivity index (χ0n) is 15.0. The van der Waals surface area contributed by atoms with Gasteiger partial charge in [-0.25, -0.2) is 0 Å². The van der Waals surface area contributed by atoms with Gasteiger partial charge in [0.25, 0.3) is 0 Å². The number of ether oxygens (including phenoxy) is 2. The van der Waals surface area contributed by atoms with Crippen LogP contribution in [0.3, 0.4) is 0 Å². The zero-order chi connectivity index (χ0) is 17.8. The number of aliphatic carboxylic acids is 1. The zero-order valence-corrected chi connectivity index (χ0v) is 15.0. The molecule has 6 nitrogen and oxygen atoms in total. The highest BCUT2D eigenvalue weighted by Crippen LogP contribution is 2.57. The molecule has 1 amide bonds. The molecular weight excluding hydrogens is 322 g/mol. The summed E-state index contributed by atoms with van der Waals surface area (Å²) in [5.74, 6) is -2.13. The molecule has 4 atom stereocenters. The number of carbonyl (C=O) groups excluding carboxylic acids is 1. The second-order valence-corrected chi connectivity index (χ2v) is 8.07. The van der Waals surface area contributed by atoms with Gasteiger partial charge in [0.05, 0.1) is 25.0 Å². The smallest absolute Gasteiger partial charge is 0.307 e. The van der Waals surface area contributed by atoms with Crippen LogP contribution < -0.4 is 0 Å². The number of fused-ring (bicyclic) bond motifs is 2. The van der Waals surface area contributed by atoms with E-state index in [0.717, 1.165) is 12.8 Å². The van der Waals surface area contributed by atoms with Crippen LogP contribution in [0.2, 0.25) is 0 Å². The first-order chi connectivity index (χ1) is 11.9. The molecule has 2 saturated heterocycles. The van der Waals surface area contributed by atoms with E-state index in [1.165, 1.54) is 11.1 Å². The summed E-state index contributed by atoms with van der Waals surface area (Å²) >= 11 is 0. The summed E-state index contributed by atoms with van der Waals surface area (Å²) < 4.78 is 11.5. The maximum absolute atomic E-state index is 13.2. The number of hydrogen-bond donors (Lipinski definition) is 1. The number of piperidine rings is 1. The number of carbonyl (C=O) groups is 2. The summed E-state index contributed by atoms with van der Waals surface area (Å²) in [5.41, 5.74) is 2.43. The van der Waals surface area contributed by atoms with Crippen molar-refractivity contribution in [2.75, 3.05) is 26.3 Å². The number of carboxylic acids is 1. The first-order valence-corrected chi connectivity index (χ1v) is 9.40. The van der Waals surface area contributed by atoms with Crippen molar-refractivity contribution in [1.29, 1.82) is 0 Å². The van der Waals surface area contributed by atoms with Crippen molar-refractivity contribution < 1.29 is 24.2 Å². The van der Waals surface area contributed by atoms with Gasteiger partial charge in [0.15, 0.2) is 5.79 Å². The Morgan fingerprint density at radius 3 is 2.12 bits per heavy atom. The molecule has 6 heteroatoms. The van der Waals surface area contributed by atoms with Crippen molar-refractivity contribution in [3.63, 3.8) is 0 Å². The second-order valence-electron chi connectivity index (χ2n) is 8.07. The molecule has 0 unspecified atom stereocenters. The fourth-order valence-electron chi connectivity index (χ4n) is 5.65. The van der Waals surface area contributed by atoms with Gasteiger partial charge >= 0.3 is 5.97 Å². The Bertz CT molecular complexity index is 607. The van der Waals surface area contributed by atoms with E-state index in [2.05, 4.69) is 0 Å². The largest absolute Gasteiger partial charge is 0.481 e. The standard InChI is InChI=1S/C19H27NO5/c1-11(2)14-12-3-4-13(14)16(18(22)23)15(12)17(21)20-7-5-19(6-8-20)24-9-10-25-19/h12-13,15-16H,3-10H2,1-2H3,(H,22,23)/t12-,13-,15-,16-/m1/s1. The van der Waals surface area contributed by atoms with Crippen LogP contribution in [-0.2, 0) is 19.1 Å². The Balaban J connectivity index is 1.53. The fraction of sp³-hybridized carbons (Fsp3) is 0.789. The van der Waals surface area contributed by atoms with Gasteiger partial charge in [-0.15, -0.1) is 0 Å². The third-order valence-electron chi connectivity index (χ3n) is 6.64. The first-order valence-electron chi connectivity index (χ1n) is 9.40. The highest BCUT2D eigenvalue weighted by molar-refractivity contribution is 5.87. The number of carboxylic acid groups (broad SMARTS) is 1. The summed E-state index contributed by atoms with van der Waals surface area (Å²) in [5, 5.41) is 9.79. The van der Waals surface area contributed by atoms with E-state index in [0.29, 0.717) is 39.1 Å². The van der Waals surface area contributed by atoms with Crippen LogP contribution in [0.1, 0.15) is 39.5 Å². The normalized spacial score (nSPS) is 36.2. The molecule has 2 bridgehead atoms. The van der Waals surface area contributed by atoms with Crippen molar-refractivity contribution >= 4 is 11.9 Å². The molecule has 4 aliphatic rings. The Hall–Kier alpha value is -1.40. The Labute approximate surface area is 148 Å². The Kier molecular flexibility index (Phi) is 4.15. The van der Waals surface area contributed by atoms with Crippen molar-refractivity contribution in [2.24, 2.45) is 23.7 Å². The van der Waals surface area contributed by atoms with Crippen LogP contribution in [0.15, 0.2) is 11.1 Å². The van der Waals surface area contributed by atoms with Gasteiger partial charge in [-0.05, 0) is 38.5 Å². The Morgan fingerprint density at radius 2 is 1.60 bits per heavy atom. The molecule has 4 fully saturated rings. The summed E-state index contributed by atoms with van der Waals surface area (Å²) in [7, 11) is 0. The van der Waals surface area contributed by atoms with Crippen LogP contribution >= 0.6 is 0 Å². The lowest BCUT2D eigenvalue weighted by molar-refractivity contribution is -0.189. The van der Waals surface area contributed by atoms with Gasteiger partial charge < -0.3 is 19.5 Å². The molecule has 25 heavy (non-hydrogen) atoms. The van der Waals surface area contributed by atoms with Crippen LogP contribution in [0.5, 0.6) is 0 Å². The van der Waals surface area contributed by atoms with Crippen LogP contribution in [0, 0.1) is 23.7 Å². The quantitative estimate of drug-likeness (QED) is 0.772. The average molecular weight is 349 g/mol. The monoisotopic (exact) mass is 349 g/mol. The highest BCUT2D eigenvalue weighted by atomic mass is 16.7. The van der Waals surface area contributed by atoms with E-state index in [1.54, 1.807) is 0 Å². The lowest BCUT2D eigenvalue weighted by atomic mass is 9.78. The minimum Gasteiger partial charge on any atom is -0.481 e. The number of hydrogen-bond acceptors (Lipinski definition) is 4. The maximum Gasteiger partial charge on any atom is 0.307 e. The topological polar surface area (TPSA) is 76.1 Å². The number of amides is 1. The molecule has 1 spiro atoms. The molecule has 138 valence electrons. The number of likely N-dealkylation sites (tertiary alicyclic amines) is 1. The minimum absolute atomic E-state index is 0.0196. The van der Waals surface area contributed by atoms with Crippen LogP contribution in [-0.4, -0.2) is 54.0 Å². The molecule has 2 saturated carbocycles. The molecule has 2 aliphatic heterocycles. The van der Waals surface area contributed by atoms with Gasteiger partial charge in [-0.2, -0.15) is 0 Å². The first kappa shape index (κ1) is 17.0. The molecule has 2 heterocycles. The lowest BCUT2D eigenvalue weighted by Crippen LogP contribution is -2.51. The summed E-state index contributed by atoms with van der Waals surface area (Å²) in [6.45, 7) is 6.50. The van der Waals surface area contributed by atoms with E-state index in [-0.39, 0.29) is 17.7 Å². The molecule has 0 radical (unpaired) electrons. The fourth-order valence-corrected chi connectivity index (χ4v) is 5.65. The number of nitrogens with zero attached hydrogens (tertiary/aromatic N) is 1. The van der Waals surface area contributed by atoms with E-state index in [4.69, 9.17) is 9.47 Å². The van der Waals surface area contributed by atoms with Gasteiger partial charge in [0.1, 0.15) is 0 Å². The lowest BCUT2D eigenvalue weighted by Gasteiger charge is -2.40. The van der Waals surface area contributed by atoms with E-state index >= 15 is 0 Å². The predicted octanol–water partition coefficient (Wildman–Crippen LogP) is 2.05. The van der Waals surface area contributed by atoms with E-state index < -0.39 is 23.6 Å². The Morgan fingerprint density at radius 1 is 1.04 bits per heavy atom. The van der Waals surface area contributed by atoms with Gasteiger partial charge in [0, 0.05) is 25.9 Å². The van der Waals surface area contributed by atoms with E-state index in [1.807, 2.05) is 18.7 Å². The highest BCUT2D eigenvalue weighted by Gasteiger charge is 2.58. The minimum atomic E-state index is -0.819. The molecule has 0 aromatic carbocycles. The summed E-state index contributed by atoms with van der Waals surface area (Å²) in [6.07, 6.45) is 3.19. The van der Waals surface area contributed by atoms with Crippen molar-refractivity contribution in [1.82, 2.24) is 4.90 Å².